The first-order valence-electron chi connectivity index (χ1n) is 8.01. The lowest BCUT2D eigenvalue weighted by atomic mass is 10.1. The van der Waals surface area contributed by atoms with Gasteiger partial charge in [0.25, 0.3) is 0 Å². The molecule has 0 aliphatic rings. The number of rotatable bonds is 6. The first-order valence-corrected chi connectivity index (χ1v) is 8.80. The summed E-state index contributed by atoms with van der Waals surface area (Å²) in [4.78, 5) is 4.43. The lowest BCUT2D eigenvalue weighted by Gasteiger charge is -2.13. The largest absolute Gasteiger partial charge is 0.507 e. The number of nitrogens with one attached hydrogen (secondary N) is 1. The average molecular weight is 419 g/mol. The summed E-state index contributed by atoms with van der Waals surface area (Å²) in [5.41, 5.74) is 7.63. The van der Waals surface area contributed by atoms with Crippen molar-refractivity contribution < 1.29 is 14.6 Å². The van der Waals surface area contributed by atoms with Crippen LogP contribution in [0.5, 0.6) is 17.2 Å². The third-order valence-electron chi connectivity index (χ3n) is 3.84. The highest BCUT2D eigenvalue weighted by Gasteiger charge is 2.18. The van der Waals surface area contributed by atoms with Crippen molar-refractivity contribution in [1.29, 1.82) is 0 Å². The minimum Gasteiger partial charge on any atom is -0.507 e. The van der Waals surface area contributed by atoms with Gasteiger partial charge in [-0.25, -0.2) is 4.98 Å². The second kappa shape index (κ2) is 7.76. The Balaban J connectivity index is 1.90. The minimum atomic E-state index is -0.532. The first-order chi connectivity index (χ1) is 12.5. The predicted octanol–water partition coefficient (Wildman–Crippen LogP) is 3.40. The van der Waals surface area contributed by atoms with E-state index in [1.807, 2.05) is 25.1 Å². The van der Waals surface area contributed by atoms with E-state index in [4.69, 9.17) is 15.2 Å². The zero-order chi connectivity index (χ0) is 18.7. The standard InChI is InChI=1S/C18H19BrN4O3/c1-3-26-14-7-4-10(8-15(14)25-2)16(20)18-21-17(22-23-18)12-9-11(19)5-6-13(12)24/h4-9,16,24H,3,20H2,1-2H3,(H,21,22,23). The Hall–Kier alpha value is -2.58. The number of hydrogen-bond donors (Lipinski definition) is 3. The molecule has 0 bridgehead atoms. The van der Waals surface area contributed by atoms with Crippen LogP contribution in [0.3, 0.4) is 0 Å². The Labute approximate surface area is 159 Å². The molecule has 1 unspecified atom stereocenters. The van der Waals surface area contributed by atoms with Gasteiger partial charge in [-0.2, -0.15) is 5.10 Å². The quantitative estimate of drug-likeness (QED) is 0.566. The Morgan fingerprint density at radius 3 is 2.77 bits per heavy atom. The molecule has 0 saturated carbocycles. The van der Waals surface area contributed by atoms with E-state index in [9.17, 15) is 5.11 Å². The SMILES string of the molecule is CCOc1ccc(C(N)c2nc(-c3cc(Br)ccc3O)n[nH]2)cc1OC. The van der Waals surface area contributed by atoms with Crippen molar-refractivity contribution in [3.05, 3.63) is 52.3 Å². The highest BCUT2D eigenvalue weighted by atomic mass is 79.9. The zero-order valence-corrected chi connectivity index (χ0v) is 15.9. The smallest absolute Gasteiger partial charge is 0.184 e. The molecular weight excluding hydrogens is 400 g/mol. The van der Waals surface area contributed by atoms with Crippen molar-refractivity contribution >= 4 is 15.9 Å². The molecule has 0 fully saturated rings. The molecule has 0 amide bonds. The van der Waals surface area contributed by atoms with Crippen molar-refractivity contribution in [3.8, 4) is 28.6 Å². The normalized spacial score (nSPS) is 12.0. The van der Waals surface area contributed by atoms with E-state index in [2.05, 4.69) is 31.1 Å². The van der Waals surface area contributed by atoms with E-state index in [-0.39, 0.29) is 5.75 Å². The second-order valence-corrected chi connectivity index (χ2v) is 6.44. The fourth-order valence-electron chi connectivity index (χ4n) is 2.53. The van der Waals surface area contributed by atoms with E-state index >= 15 is 0 Å². The van der Waals surface area contributed by atoms with Crippen LogP contribution in [0, 0.1) is 0 Å². The number of phenolic OH excluding ortho intramolecular Hbond substituents is 1. The van der Waals surface area contributed by atoms with Crippen molar-refractivity contribution in [2.24, 2.45) is 5.73 Å². The summed E-state index contributed by atoms with van der Waals surface area (Å²) in [5, 5.41) is 17.0. The number of methoxy groups -OCH3 is 1. The lowest BCUT2D eigenvalue weighted by molar-refractivity contribution is 0.310. The highest BCUT2D eigenvalue weighted by Crippen LogP contribution is 2.33. The fourth-order valence-corrected chi connectivity index (χ4v) is 2.89. The van der Waals surface area contributed by atoms with Crippen molar-refractivity contribution in [2.45, 2.75) is 13.0 Å². The molecule has 0 aliphatic carbocycles. The molecule has 0 spiro atoms. The molecule has 4 N–H and O–H groups in total. The molecular formula is C18H19BrN4O3. The van der Waals surface area contributed by atoms with Crippen LogP contribution < -0.4 is 15.2 Å². The molecule has 3 aromatic rings. The van der Waals surface area contributed by atoms with Gasteiger partial charge < -0.3 is 20.3 Å². The number of nitrogens with two attached hydrogens (primary N) is 1. The molecule has 0 aliphatic heterocycles. The average Bonchev–Trinajstić information content (AvgIpc) is 3.13. The van der Waals surface area contributed by atoms with Crippen LogP contribution in [0.1, 0.15) is 24.4 Å². The van der Waals surface area contributed by atoms with Crippen LogP contribution in [0.15, 0.2) is 40.9 Å². The summed E-state index contributed by atoms with van der Waals surface area (Å²) >= 11 is 3.37. The first kappa shape index (κ1) is 18.2. The van der Waals surface area contributed by atoms with Crippen LogP contribution in [0.25, 0.3) is 11.4 Å². The van der Waals surface area contributed by atoms with Gasteiger partial charge >= 0.3 is 0 Å². The molecule has 1 aromatic heterocycles. The van der Waals surface area contributed by atoms with Crippen molar-refractivity contribution in [3.63, 3.8) is 0 Å². The maximum atomic E-state index is 10.0. The van der Waals surface area contributed by atoms with E-state index in [0.717, 1.165) is 10.0 Å². The van der Waals surface area contributed by atoms with E-state index < -0.39 is 6.04 Å². The van der Waals surface area contributed by atoms with Crippen LogP contribution in [-0.2, 0) is 0 Å². The van der Waals surface area contributed by atoms with Crippen LogP contribution in [0.2, 0.25) is 0 Å². The number of aromatic amines is 1. The highest BCUT2D eigenvalue weighted by molar-refractivity contribution is 9.10. The Morgan fingerprint density at radius 2 is 2.04 bits per heavy atom. The number of aromatic nitrogens is 3. The Kier molecular flexibility index (Phi) is 5.43. The van der Waals surface area contributed by atoms with Gasteiger partial charge in [-0.1, -0.05) is 22.0 Å². The molecule has 136 valence electrons. The molecule has 3 rings (SSSR count). The summed E-state index contributed by atoms with van der Waals surface area (Å²) in [6.07, 6.45) is 0. The topological polar surface area (TPSA) is 106 Å². The Morgan fingerprint density at radius 1 is 1.23 bits per heavy atom. The van der Waals surface area contributed by atoms with Gasteiger partial charge in [0.2, 0.25) is 0 Å². The van der Waals surface area contributed by atoms with Crippen LogP contribution in [-0.4, -0.2) is 34.0 Å². The third kappa shape index (κ3) is 3.66. The predicted molar refractivity (Wildman–Crippen MR) is 101 cm³/mol. The third-order valence-corrected chi connectivity index (χ3v) is 4.34. The van der Waals surface area contributed by atoms with Gasteiger partial charge in [0, 0.05) is 4.47 Å². The molecule has 7 nitrogen and oxygen atoms in total. The monoisotopic (exact) mass is 418 g/mol. The van der Waals surface area contributed by atoms with E-state index in [1.165, 1.54) is 0 Å². The van der Waals surface area contributed by atoms with E-state index in [0.29, 0.717) is 35.3 Å². The fraction of sp³-hybridized carbons (Fsp3) is 0.222. The maximum absolute atomic E-state index is 10.0. The summed E-state index contributed by atoms with van der Waals surface area (Å²) in [7, 11) is 1.58. The summed E-state index contributed by atoms with van der Waals surface area (Å²) < 4.78 is 11.7. The van der Waals surface area contributed by atoms with Crippen molar-refractivity contribution in [1.82, 2.24) is 15.2 Å². The molecule has 0 saturated heterocycles. The van der Waals surface area contributed by atoms with Crippen LogP contribution in [0.4, 0.5) is 0 Å². The Bertz CT molecular complexity index is 913. The molecule has 26 heavy (non-hydrogen) atoms. The van der Waals surface area contributed by atoms with Gasteiger partial charge in [0.05, 0.1) is 25.3 Å². The van der Waals surface area contributed by atoms with Gasteiger partial charge in [0.15, 0.2) is 17.3 Å². The molecule has 2 aromatic carbocycles. The number of aromatic hydroxyl groups is 1. The summed E-state index contributed by atoms with van der Waals surface area (Å²) in [5.74, 6) is 2.19. The number of hydrogen-bond acceptors (Lipinski definition) is 6. The van der Waals surface area contributed by atoms with Crippen molar-refractivity contribution in [2.75, 3.05) is 13.7 Å². The van der Waals surface area contributed by atoms with Gasteiger partial charge in [-0.05, 0) is 42.8 Å². The summed E-state index contributed by atoms with van der Waals surface area (Å²) in [6, 6.07) is 10.0. The number of nitrogens with zero attached hydrogens (tertiary/aromatic N) is 2. The second-order valence-electron chi connectivity index (χ2n) is 5.53. The number of H-pyrrole nitrogens is 1. The molecule has 8 heteroatoms. The number of benzene rings is 2. The lowest BCUT2D eigenvalue weighted by Crippen LogP contribution is -2.14. The van der Waals surface area contributed by atoms with Gasteiger partial charge in [-0.15, -0.1) is 0 Å². The molecule has 0 radical (unpaired) electrons. The number of halogens is 1. The number of ether oxygens (including phenoxy) is 2. The zero-order valence-electron chi connectivity index (χ0n) is 14.4. The maximum Gasteiger partial charge on any atom is 0.184 e. The van der Waals surface area contributed by atoms with Crippen LogP contribution >= 0.6 is 15.9 Å². The molecule has 1 heterocycles. The minimum absolute atomic E-state index is 0.0926. The molecule has 1 atom stereocenters. The van der Waals surface area contributed by atoms with Gasteiger partial charge in [0.1, 0.15) is 11.6 Å². The number of phenols is 1. The van der Waals surface area contributed by atoms with E-state index in [1.54, 1.807) is 25.3 Å². The van der Waals surface area contributed by atoms with Gasteiger partial charge in [-0.3, -0.25) is 5.10 Å². The summed E-state index contributed by atoms with van der Waals surface area (Å²) in [6.45, 7) is 2.45.